The van der Waals surface area contributed by atoms with Crippen molar-refractivity contribution in [1.82, 2.24) is 4.98 Å². The van der Waals surface area contributed by atoms with E-state index in [9.17, 15) is 4.79 Å². The van der Waals surface area contributed by atoms with Crippen LogP contribution in [0, 0.1) is 6.92 Å². The first-order valence-electron chi connectivity index (χ1n) is 6.88. The van der Waals surface area contributed by atoms with Crippen LogP contribution in [0.1, 0.15) is 48.5 Å². The van der Waals surface area contributed by atoms with Crippen LogP contribution in [-0.2, 0) is 4.74 Å². The van der Waals surface area contributed by atoms with Crippen molar-refractivity contribution in [2.24, 2.45) is 0 Å². The average molecular weight is 352 g/mol. The van der Waals surface area contributed by atoms with Crippen LogP contribution < -0.4 is 0 Å². The number of esters is 1. The van der Waals surface area contributed by atoms with Crippen LogP contribution in [-0.4, -0.2) is 17.6 Å². The molecule has 0 saturated carbocycles. The van der Waals surface area contributed by atoms with Crippen LogP contribution in [0.4, 0.5) is 0 Å². The molecule has 0 radical (unpaired) electrons. The van der Waals surface area contributed by atoms with E-state index in [0.29, 0.717) is 18.2 Å². The van der Waals surface area contributed by atoms with Crippen LogP contribution in [0.15, 0.2) is 27.1 Å². The van der Waals surface area contributed by atoms with Gasteiger partial charge in [0.2, 0.25) is 11.7 Å². The van der Waals surface area contributed by atoms with E-state index in [-0.39, 0.29) is 11.7 Å². The number of nitrogens with zero attached hydrogens (tertiary/aromatic N) is 1. The van der Waals surface area contributed by atoms with E-state index in [1.165, 1.54) is 0 Å². The number of carbonyl (C=O) groups excluding carboxylic acids is 1. The summed E-state index contributed by atoms with van der Waals surface area (Å²) in [4.78, 5) is 16.4. The Morgan fingerprint density at radius 2 is 2.14 bits per heavy atom. The first-order valence-corrected chi connectivity index (χ1v) is 7.67. The molecule has 1 aromatic carbocycles. The highest BCUT2D eigenvalue weighted by atomic mass is 79.9. The van der Waals surface area contributed by atoms with E-state index in [0.717, 1.165) is 15.6 Å². The Balaban J connectivity index is 2.48. The van der Waals surface area contributed by atoms with Gasteiger partial charge >= 0.3 is 5.97 Å². The zero-order valence-corrected chi connectivity index (χ0v) is 14.2. The summed E-state index contributed by atoms with van der Waals surface area (Å²) in [6.07, 6.45) is 0. The fourth-order valence-electron chi connectivity index (χ4n) is 1.92. The zero-order valence-electron chi connectivity index (χ0n) is 12.6. The van der Waals surface area contributed by atoms with E-state index in [2.05, 4.69) is 20.9 Å². The van der Waals surface area contributed by atoms with Crippen LogP contribution >= 0.6 is 15.9 Å². The number of benzene rings is 1. The summed E-state index contributed by atoms with van der Waals surface area (Å²) in [5, 5.41) is 0. The third kappa shape index (κ3) is 3.35. The molecule has 21 heavy (non-hydrogen) atoms. The van der Waals surface area contributed by atoms with Gasteiger partial charge in [0.05, 0.1) is 12.3 Å². The summed E-state index contributed by atoms with van der Waals surface area (Å²) in [5.74, 6) is 0.239. The average Bonchev–Trinajstić information content (AvgIpc) is 2.87. The zero-order chi connectivity index (χ0) is 15.6. The van der Waals surface area contributed by atoms with E-state index in [4.69, 9.17) is 9.15 Å². The maximum absolute atomic E-state index is 12.0. The number of oxazole rings is 1. The minimum absolute atomic E-state index is 0.0794. The number of hydrogen-bond acceptors (Lipinski definition) is 4. The molecule has 0 amide bonds. The highest BCUT2D eigenvalue weighted by molar-refractivity contribution is 9.10. The third-order valence-corrected chi connectivity index (χ3v) is 3.93. The fourth-order valence-corrected chi connectivity index (χ4v) is 2.29. The molecule has 2 aromatic rings. The lowest BCUT2D eigenvalue weighted by Crippen LogP contribution is -2.07. The Bertz CT molecular complexity index is 662. The molecule has 0 atom stereocenters. The number of halogens is 1. The molecule has 0 N–H and O–H groups in total. The smallest absolute Gasteiger partial charge is 0.376 e. The molecule has 1 heterocycles. The second kappa shape index (κ2) is 6.43. The Hall–Kier alpha value is -1.62. The van der Waals surface area contributed by atoms with Gasteiger partial charge in [0.1, 0.15) is 0 Å². The summed E-state index contributed by atoms with van der Waals surface area (Å²) in [7, 11) is 0. The predicted octanol–water partition coefficient (Wildman–Crippen LogP) is 4.71. The molecule has 0 aliphatic rings. The van der Waals surface area contributed by atoms with Crippen molar-refractivity contribution >= 4 is 21.9 Å². The van der Waals surface area contributed by atoms with Gasteiger partial charge in [0.15, 0.2) is 0 Å². The second-order valence-corrected chi connectivity index (χ2v) is 5.93. The van der Waals surface area contributed by atoms with Crippen molar-refractivity contribution in [2.45, 2.75) is 33.6 Å². The summed E-state index contributed by atoms with van der Waals surface area (Å²) in [6, 6.07) is 5.83. The normalized spacial score (nSPS) is 11.0. The summed E-state index contributed by atoms with van der Waals surface area (Å²) < 4.78 is 11.7. The summed E-state index contributed by atoms with van der Waals surface area (Å²) >= 11 is 3.49. The summed E-state index contributed by atoms with van der Waals surface area (Å²) in [5.41, 5.74) is 2.57. The molecule has 0 aliphatic heterocycles. The van der Waals surface area contributed by atoms with Crippen molar-refractivity contribution in [3.63, 3.8) is 0 Å². The molecule has 0 bridgehead atoms. The predicted molar refractivity (Wildman–Crippen MR) is 84.4 cm³/mol. The highest BCUT2D eigenvalue weighted by Crippen LogP contribution is 2.29. The lowest BCUT2D eigenvalue weighted by atomic mass is 10.1. The number of hydrogen-bond donors (Lipinski definition) is 0. The van der Waals surface area contributed by atoms with Crippen molar-refractivity contribution < 1.29 is 13.9 Å². The quantitative estimate of drug-likeness (QED) is 0.748. The first-order chi connectivity index (χ1) is 9.93. The molecule has 0 aliphatic carbocycles. The number of aromatic nitrogens is 1. The Kier molecular flexibility index (Phi) is 4.83. The van der Waals surface area contributed by atoms with Gasteiger partial charge in [-0.3, -0.25) is 0 Å². The second-order valence-electron chi connectivity index (χ2n) is 5.07. The highest BCUT2D eigenvalue weighted by Gasteiger charge is 2.24. The SMILES string of the molecule is CCOC(=O)c1oc(-c2ccc(C)c(Br)c2)nc1C(C)C. The Labute approximate surface area is 132 Å². The van der Waals surface area contributed by atoms with Crippen LogP contribution in [0.3, 0.4) is 0 Å². The van der Waals surface area contributed by atoms with Gasteiger partial charge in [-0.05, 0) is 37.5 Å². The van der Waals surface area contributed by atoms with Crippen LogP contribution in [0.25, 0.3) is 11.5 Å². The molecular weight excluding hydrogens is 334 g/mol. The molecule has 2 rings (SSSR count). The van der Waals surface area contributed by atoms with Crippen molar-refractivity contribution in [3.05, 3.63) is 39.7 Å². The van der Waals surface area contributed by atoms with Crippen molar-refractivity contribution in [3.8, 4) is 11.5 Å². The molecule has 0 spiro atoms. The largest absolute Gasteiger partial charge is 0.460 e. The maximum Gasteiger partial charge on any atom is 0.376 e. The van der Waals surface area contributed by atoms with E-state index in [1.54, 1.807) is 6.92 Å². The number of aryl methyl sites for hydroxylation is 1. The molecule has 4 nitrogen and oxygen atoms in total. The van der Waals surface area contributed by atoms with E-state index >= 15 is 0 Å². The van der Waals surface area contributed by atoms with E-state index in [1.807, 2.05) is 39.0 Å². The molecule has 0 saturated heterocycles. The minimum atomic E-state index is -0.467. The summed E-state index contributed by atoms with van der Waals surface area (Å²) in [6.45, 7) is 8.02. The Morgan fingerprint density at radius 1 is 1.43 bits per heavy atom. The van der Waals surface area contributed by atoms with Gasteiger partial charge in [0, 0.05) is 10.0 Å². The Morgan fingerprint density at radius 3 is 2.71 bits per heavy atom. The van der Waals surface area contributed by atoms with Crippen LogP contribution in [0.5, 0.6) is 0 Å². The first kappa shape index (κ1) is 15.8. The van der Waals surface area contributed by atoms with Gasteiger partial charge in [-0.25, -0.2) is 9.78 Å². The minimum Gasteiger partial charge on any atom is -0.460 e. The lowest BCUT2D eigenvalue weighted by Gasteiger charge is -2.02. The standard InChI is InChI=1S/C16H18BrNO3/c1-5-20-16(19)14-13(9(2)3)18-15(21-14)11-7-6-10(4)12(17)8-11/h6-9H,5H2,1-4H3. The van der Waals surface area contributed by atoms with Gasteiger partial charge in [0.25, 0.3) is 0 Å². The van der Waals surface area contributed by atoms with Gasteiger partial charge in [-0.15, -0.1) is 0 Å². The van der Waals surface area contributed by atoms with Crippen molar-refractivity contribution in [1.29, 1.82) is 0 Å². The van der Waals surface area contributed by atoms with Gasteiger partial charge < -0.3 is 9.15 Å². The van der Waals surface area contributed by atoms with Gasteiger partial charge in [-0.2, -0.15) is 0 Å². The van der Waals surface area contributed by atoms with Crippen molar-refractivity contribution in [2.75, 3.05) is 6.61 Å². The number of ether oxygens (including phenoxy) is 1. The van der Waals surface area contributed by atoms with Crippen LogP contribution in [0.2, 0.25) is 0 Å². The molecule has 1 aromatic heterocycles. The fraction of sp³-hybridized carbons (Fsp3) is 0.375. The van der Waals surface area contributed by atoms with E-state index < -0.39 is 5.97 Å². The lowest BCUT2D eigenvalue weighted by molar-refractivity contribution is 0.0488. The molecule has 5 heteroatoms. The van der Waals surface area contributed by atoms with Gasteiger partial charge in [-0.1, -0.05) is 35.8 Å². The topological polar surface area (TPSA) is 52.3 Å². The molecule has 0 unspecified atom stereocenters. The molecular formula is C16H18BrNO3. The molecule has 0 fully saturated rings. The number of rotatable bonds is 4. The molecule has 112 valence electrons. The monoisotopic (exact) mass is 351 g/mol. The maximum atomic E-state index is 12.0. The third-order valence-electron chi connectivity index (χ3n) is 3.08. The number of carbonyl (C=O) groups is 1.